The van der Waals surface area contributed by atoms with Crippen LogP contribution in [0.3, 0.4) is 0 Å². The second kappa shape index (κ2) is 5.09. The predicted octanol–water partition coefficient (Wildman–Crippen LogP) is 0.866. The minimum Gasteiger partial charge on any atom is -0.496 e. The first kappa shape index (κ1) is 11.1. The lowest BCUT2D eigenvalue weighted by atomic mass is 10.0. The van der Waals surface area contributed by atoms with Gasteiger partial charge in [0.25, 0.3) is 0 Å². The molecule has 1 aromatic carbocycles. The summed E-state index contributed by atoms with van der Waals surface area (Å²) >= 11 is 0. The van der Waals surface area contributed by atoms with Crippen LogP contribution in [0, 0.1) is 0 Å². The number of hydrogen-bond donors (Lipinski definition) is 1. The fourth-order valence-corrected chi connectivity index (χ4v) is 1.77. The lowest BCUT2D eigenvalue weighted by Gasteiger charge is -2.23. The van der Waals surface area contributed by atoms with Crippen molar-refractivity contribution in [2.24, 2.45) is 0 Å². The maximum atomic E-state index is 12.2. The maximum Gasteiger partial charge on any atom is 0.185 e. The number of morpholine rings is 1. The summed E-state index contributed by atoms with van der Waals surface area (Å²) < 4.78 is 10.4. The van der Waals surface area contributed by atoms with Crippen molar-refractivity contribution in [2.45, 2.75) is 6.04 Å². The number of methoxy groups -OCH3 is 1. The van der Waals surface area contributed by atoms with Crippen molar-refractivity contribution >= 4 is 5.78 Å². The number of carbonyl (C=O) groups is 1. The van der Waals surface area contributed by atoms with E-state index in [1.165, 1.54) is 0 Å². The van der Waals surface area contributed by atoms with Crippen molar-refractivity contribution in [1.29, 1.82) is 0 Å². The lowest BCUT2D eigenvalue weighted by Crippen LogP contribution is -2.46. The van der Waals surface area contributed by atoms with Crippen LogP contribution in [0.4, 0.5) is 0 Å². The molecular weight excluding hydrogens is 206 g/mol. The molecule has 86 valence electrons. The van der Waals surface area contributed by atoms with E-state index in [9.17, 15) is 4.79 Å². The fourth-order valence-electron chi connectivity index (χ4n) is 1.77. The van der Waals surface area contributed by atoms with Gasteiger partial charge in [-0.2, -0.15) is 0 Å². The normalized spacial score (nSPS) is 20.4. The third kappa shape index (κ3) is 2.23. The maximum absolute atomic E-state index is 12.2. The number of ketones is 1. The number of rotatable bonds is 3. The molecule has 0 amide bonds. The Hall–Kier alpha value is -1.39. The van der Waals surface area contributed by atoms with Crippen LogP contribution in [-0.4, -0.2) is 38.7 Å². The predicted molar refractivity (Wildman–Crippen MR) is 59.9 cm³/mol. The van der Waals surface area contributed by atoms with Crippen LogP contribution < -0.4 is 10.1 Å². The highest BCUT2D eigenvalue weighted by atomic mass is 16.5. The molecule has 0 bridgehead atoms. The Kier molecular flexibility index (Phi) is 3.54. The highest BCUT2D eigenvalue weighted by Crippen LogP contribution is 2.19. The SMILES string of the molecule is COc1ccccc1C(=O)C1COCCN1. The number of para-hydroxylation sites is 1. The molecule has 4 nitrogen and oxygen atoms in total. The number of ether oxygens (including phenoxy) is 2. The van der Waals surface area contributed by atoms with Crippen LogP contribution >= 0.6 is 0 Å². The third-order valence-electron chi connectivity index (χ3n) is 2.61. The van der Waals surface area contributed by atoms with Gasteiger partial charge in [-0.05, 0) is 12.1 Å². The molecule has 1 unspecified atom stereocenters. The van der Waals surface area contributed by atoms with Crippen molar-refractivity contribution < 1.29 is 14.3 Å². The van der Waals surface area contributed by atoms with Crippen molar-refractivity contribution in [3.63, 3.8) is 0 Å². The third-order valence-corrected chi connectivity index (χ3v) is 2.61. The van der Waals surface area contributed by atoms with Gasteiger partial charge in [0.15, 0.2) is 5.78 Å². The summed E-state index contributed by atoms with van der Waals surface area (Å²) in [6, 6.07) is 6.99. The number of Topliss-reactive ketones (excluding diaryl/α,β-unsaturated/α-hetero) is 1. The summed E-state index contributed by atoms with van der Waals surface area (Å²) in [6.45, 7) is 1.80. The van der Waals surface area contributed by atoms with Crippen LogP contribution in [0.2, 0.25) is 0 Å². The molecule has 2 rings (SSSR count). The average molecular weight is 221 g/mol. The summed E-state index contributed by atoms with van der Waals surface area (Å²) in [5.74, 6) is 0.636. The Morgan fingerprint density at radius 3 is 3.00 bits per heavy atom. The Morgan fingerprint density at radius 1 is 1.50 bits per heavy atom. The molecular formula is C12H15NO3. The summed E-state index contributed by atoms with van der Waals surface area (Å²) in [6.07, 6.45) is 0. The van der Waals surface area contributed by atoms with Crippen LogP contribution in [0.1, 0.15) is 10.4 Å². The highest BCUT2D eigenvalue weighted by Gasteiger charge is 2.24. The van der Waals surface area contributed by atoms with E-state index in [-0.39, 0.29) is 11.8 Å². The molecule has 0 spiro atoms. The molecule has 0 saturated carbocycles. The molecule has 16 heavy (non-hydrogen) atoms. The lowest BCUT2D eigenvalue weighted by molar-refractivity contribution is 0.0605. The fraction of sp³-hybridized carbons (Fsp3) is 0.417. The minimum atomic E-state index is -0.259. The molecule has 1 aromatic rings. The molecule has 1 aliphatic rings. The smallest absolute Gasteiger partial charge is 0.185 e. The molecule has 1 fully saturated rings. The molecule has 0 radical (unpaired) electrons. The molecule has 1 aliphatic heterocycles. The van der Waals surface area contributed by atoms with Crippen LogP contribution in [0.5, 0.6) is 5.75 Å². The van der Waals surface area contributed by atoms with Crippen molar-refractivity contribution in [3.8, 4) is 5.75 Å². The first-order valence-electron chi connectivity index (χ1n) is 5.31. The van der Waals surface area contributed by atoms with Crippen LogP contribution in [-0.2, 0) is 4.74 Å². The van der Waals surface area contributed by atoms with Gasteiger partial charge in [0.2, 0.25) is 0 Å². The van der Waals surface area contributed by atoms with Gasteiger partial charge in [-0.1, -0.05) is 12.1 Å². The monoisotopic (exact) mass is 221 g/mol. The van der Waals surface area contributed by atoms with E-state index in [4.69, 9.17) is 9.47 Å². The molecule has 4 heteroatoms. The summed E-state index contributed by atoms with van der Waals surface area (Å²) in [5.41, 5.74) is 0.605. The molecule has 0 aromatic heterocycles. The van der Waals surface area contributed by atoms with E-state index < -0.39 is 0 Å². The average Bonchev–Trinajstić information content (AvgIpc) is 2.39. The Balaban J connectivity index is 2.19. The van der Waals surface area contributed by atoms with E-state index in [1.807, 2.05) is 12.1 Å². The van der Waals surface area contributed by atoms with Gasteiger partial charge in [0.05, 0.1) is 31.9 Å². The molecule has 1 N–H and O–H groups in total. The van der Waals surface area contributed by atoms with Crippen molar-refractivity contribution in [3.05, 3.63) is 29.8 Å². The van der Waals surface area contributed by atoms with Crippen LogP contribution in [0.25, 0.3) is 0 Å². The molecule has 1 saturated heterocycles. The summed E-state index contributed by atoms with van der Waals surface area (Å²) in [4.78, 5) is 12.2. The first-order valence-corrected chi connectivity index (χ1v) is 5.31. The van der Waals surface area contributed by atoms with E-state index in [2.05, 4.69) is 5.32 Å². The highest BCUT2D eigenvalue weighted by molar-refractivity contribution is 6.02. The summed E-state index contributed by atoms with van der Waals surface area (Å²) in [5, 5.41) is 3.14. The van der Waals surface area contributed by atoms with Crippen molar-refractivity contribution in [1.82, 2.24) is 5.32 Å². The molecule has 1 atom stereocenters. The zero-order valence-corrected chi connectivity index (χ0v) is 9.23. The van der Waals surface area contributed by atoms with E-state index in [0.717, 1.165) is 0 Å². The summed E-state index contributed by atoms with van der Waals surface area (Å²) in [7, 11) is 1.57. The van der Waals surface area contributed by atoms with Gasteiger partial charge in [-0.3, -0.25) is 4.79 Å². The first-order chi connectivity index (χ1) is 7.83. The molecule has 0 aliphatic carbocycles. The van der Waals surface area contributed by atoms with E-state index in [1.54, 1.807) is 19.2 Å². The standard InChI is InChI=1S/C12H15NO3/c1-15-11-5-3-2-4-9(11)12(14)10-8-16-7-6-13-10/h2-5,10,13H,6-8H2,1H3. The van der Waals surface area contributed by atoms with Gasteiger partial charge >= 0.3 is 0 Å². The quantitative estimate of drug-likeness (QED) is 0.769. The molecule has 1 heterocycles. The largest absolute Gasteiger partial charge is 0.496 e. The Bertz CT molecular complexity index is 372. The van der Waals surface area contributed by atoms with Gasteiger partial charge in [0.1, 0.15) is 5.75 Å². The number of hydrogen-bond acceptors (Lipinski definition) is 4. The Labute approximate surface area is 94.6 Å². The minimum absolute atomic E-state index is 0.0251. The van der Waals surface area contributed by atoms with E-state index >= 15 is 0 Å². The van der Waals surface area contributed by atoms with E-state index in [0.29, 0.717) is 31.1 Å². The van der Waals surface area contributed by atoms with Gasteiger partial charge in [-0.15, -0.1) is 0 Å². The van der Waals surface area contributed by atoms with Crippen LogP contribution in [0.15, 0.2) is 24.3 Å². The van der Waals surface area contributed by atoms with Crippen molar-refractivity contribution in [2.75, 3.05) is 26.9 Å². The number of benzene rings is 1. The van der Waals surface area contributed by atoms with Gasteiger partial charge in [0, 0.05) is 6.54 Å². The van der Waals surface area contributed by atoms with Gasteiger partial charge < -0.3 is 14.8 Å². The zero-order valence-electron chi connectivity index (χ0n) is 9.23. The second-order valence-electron chi connectivity index (χ2n) is 3.65. The number of carbonyl (C=O) groups excluding carboxylic acids is 1. The topological polar surface area (TPSA) is 47.6 Å². The Morgan fingerprint density at radius 2 is 2.31 bits per heavy atom. The van der Waals surface area contributed by atoms with Gasteiger partial charge in [-0.25, -0.2) is 0 Å². The second-order valence-corrected chi connectivity index (χ2v) is 3.65. The number of nitrogens with one attached hydrogen (secondary N) is 1. The zero-order chi connectivity index (χ0) is 11.4.